The lowest BCUT2D eigenvalue weighted by molar-refractivity contribution is -0.115. The van der Waals surface area contributed by atoms with Gasteiger partial charge in [-0.05, 0) is 52.0 Å². The highest BCUT2D eigenvalue weighted by Gasteiger charge is 2.14. The van der Waals surface area contributed by atoms with E-state index < -0.39 is 0 Å². The Balaban J connectivity index is 0.000000200. The highest BCUT2D eigenvalue weighted by Crippen LogP contribution is 2.11. The first-order valence-corrected chi connectivity index (χ1v) is 6.13. The van der Waals surface area contributed by atoms with E-state index in [2.05, 4.69) is 0 Å². The highest BCUT2D eigenvalue weighted by atomic mass is 16.1. The zero-order valence-corrected chi connectivity index (χ0v) is 11.9. The normalized spacial score (nSPS) is 18.6. The van der Waals surface area contributed by atoms with Gasteiger partial charge in [0, 0.05) is 22.3 Å². The van der Waals surface area contributed by atoms with E-state index in [1.807, 2.05) is 0 Å². The first kappa shape index (κ1) is 15.7. The van der Waals surface area contributed by atoms with Gasteiger partial charge in [-0.1, -0.05) is 0 Å². The lowest BCUT2D eigenvalue weighted by Crippen LogP contribution is -2.09. The quantitative estimate of drug-likeness (QED) is 0.633. The van der Waals surface area contributed by atoms with Crippen LogP contribution in [0.3, 0.4) is 0 Å². The Hall–Kier alpha value is -2.36. The number of carbonyl (C=O) groups excluding carboxylic acids is 4. The van der Waals surface area contributed by atoms with Gasteiger partial charge in [0.2, 0.25) is 0 Å². The molecule has 2 rings (SSSR count). The van der Waals surface area contributed by atoms with E-state index in [0.717, 1.165) is 0 Å². The van der Waals surface area contributed by atoms with Crippen LogP contribution in [0.2, 0.25) is 0 Å². The second kappa shape index (κ2) is 6.19. The van der Waals surface area contributed by atoms with E-state index >= 15 is 0 Å². The molecular weight excluding hydrogens is 256 g/mol. The summed E-state index contributed by atoms with van der Waals surface area (Å²) in [6.45, 7) is 6.60. The Kier molecular flexibility index (Phi) is 4.86. The average Bonchev–Trinajstić information content (AvgIpc) is 2.33. The maximum absolute atomic E-state index is 11.0. The average molecular weight is 272 g/mol. The SMILES string of the molecule is CC1=CC(=O)C=C(C)C1=O.CC1=CC(=O)C=C(C)C1=O. The van der Waals surface area contributed by atoms with Crippen LogP contribution in [-0.4, -0.2) is 23.1 Å². The molecule has 0 aromatic rings. The third-order valence-electron chi connectivity index (χ3n) is 2.87. The zero-order chi connectivity index (χ0) is 15.4. The number of hydrogen-bond donors (Lipinski definition) is 0. The van der Waals surface area contributed by atoms with Crippen molar-refractivity contribution in [2.75, 3.05) is 0 Å². The molecule has 4 nitrogen and oxygen atoms in total. The maximum atomic E-state index is 11.0. The van der Waals surface area contributed by atoms with Gasteiger partial charge in [-0.2, -0.15) is 0 Å². The minimum Gasteiger partial charge on any atom is -0.290 e. The van der Waals surface area contributed by atoms with Crippen molar-refractivity contribution in [1.29, 1.82) is 0 Å². The summed E-state index contributed by atoms with van der Waals surface area (Å²) in [6.07, 6.45) is 5.43. The van der Waals surface area contributed by atoms with E-state index in [4.69, 9.17) is 0 Å². The molecule has 0 aromatic heterocycles. The molecule has 0 saturated carbocycles. The van der Waals surface area contributed by atoms with E-state index in [1.54, 1.807) is 27.7 Å². The summed E-state index contributed by atoms with van der Waals surface area (Å²) < 4.78 is 0. The molecule has 4 heteroatoms. The van der Waals surface area contributed by atoms with Crippen molar-refractivity contribution in [3.8, 4) is 0 Å². The van der Waals surface area contributed by atoms with Crippen LogP contribution in [0.4, 0.5) is 0 Å². The number of allylic oxidation sites excluding steroid dienone is 8. The second-order valence-electron chi connectivity index (χ2n) is 4.77. The molecule has 0 radical (unpaired) electrons. The fourth-order valence-corrected chi connectivity index (χ4v) is 1.82. The molecule has 0 N–H and O–H groups in total. The molecule has 0 amide bonds. The van der Waals surface area contributed by atoms with Crippen LogP contribution in [0.25, 0.3) is 0 Å². The number of hydrogen-bond acceptors (Lipinski definition) is 4. The molecular formula is C16H16O4. The van der Waals surface area contributed by atoms with Crippen LogP contribution in [0.1, 0.15) is 27.7 Å². The van der Waals surface area contributed by atoms with Gasteiger partial charge in [-0.25, -0.2) is 0 Å². The van der Waals surface area contributed by atoms with Crippen LogP contribution in [0.15, 0.2) is 46.6 Å². The maximum Gasteiger partial charge on any atom is 0.184 e. The second-order valence-corrected chi connectivity index (χ2v) is 4.77. The molecule has 0 bridgehead atoms. The largest absolute Gasteiger partial charge is 0.290 e. The number of Topliss-reactive ketones (excluding diaryl/α,β-unsaturated/α-hetero) is 2. The topological polar surface area (TPSA) is 68.3 Å². The Morgan fingerprint density at radius 2 is 0.700 bits per heavy atom. The number of ketones is 4. The smallest absolute Gasteiger partial charge is 0.184 e. The van der Waals surface area contributed by atoms with Gasteiger partial charge in [0.25, 0.3) is 0 Å². The first-order chi connectivity index (χ1) is 9.22. The van der Waals surface area contributed by atoms with Crippen molar-refractivity contribution in [3.05, 3.63) is 46.6 Å². The Bertz CT molecular complexity index is 521. The van der Waals surface area contributed by atoms with Crippen LogP contribution < -0.4 is 0 Å². The standard InChI is InChI=1S/2C8H8O2/c2*1-5-3-7(9)4-6(2)8(5)10/h2*3-4H,1-2H3. The fourth-order valence-electron chi connectivity index (χ4n) is 1.82. The van der Waals surface area contributed by atoms with Gasteiger partial charge >= 0.3 is 0 Å². The van der Waals surface area contributed by atoms with E-state index in [-0.39, 0.29) is 23.1 Å². The Labute approximate surface area is 117 Å². The number of rotatable bonds is 0. The van der Waals surface area contributed by atoms with Crippen LogP contribution in [0.5, 0.6) is 0 Å². The first-order valence-electron chi connectivity index (χ1n) is 6.13. The fraction of sp³-hybridized carbons (Fsp3) is 0.250. The predicted octanol–water partition coefficient (Wildman–Crippen LogP) is 2.06. The molecule has 0 fully saturated rings. The summed E-state index contributed by atoms with van der Waals surface area (Å²) in [4.78, 5) is 43.4. The van der Waals surface area contributed by atoms with Gasteiger partial charge in [-0.3, -0.25) is 19.2 Å². The number of carbonyl (C=O) groups is 4. The molecule has 0 unspecified atom stereocenters. The summed E-state index contributed by atoms with van der Waals surface area (Å²) in [6, 6.07) is 0. The highest BCUT2D eigenvalue weighted by molar-refractivity contribution is 6.20. The predicted molar refractivity (Wildman–Crippen MR) is 75.1 cm³/mol. The summed E-state index contributed by atoms with van der Waals surface area (Å²) in [5.74, 6) is -0.233. The minimum absolute atomic E-state index is 0.0281. The Morgan fingerprint density at radius 1 is 0.500 bits per heavy atom. The van der Waals surface area contributed by atoms with Gasteiger partial charge in [-0.15, -0.1) is 0 Å². The summed E-state index contributed by atoms with van der Waals surface area (Å²) in [5.41, 5.74) is 2.13. The van der Waals surface area contributed by atoms with Crippen molar-refractivity contribution >= 4 is 23.1 Å². The molecule has 2 aliphatic carbocycles. The monoisotopic (exact) mass is 272 g/mol. The molecule has 20 heavy (non-hydrogen) atoms. The van der Waals surface area contributed by atoms with Gasteiger partial charge in [0.1, 0.15) is 0 Å². The third-order valence-corrected chi connectivity index (χ3v) is 2.87. The molecule has 0 aromatic carbocycles. The van der Waals surface area contributed by atoms with Gasteiger partial charge < -0.3 is 0 Å². The van der Waals surface area contributed by atoms with Gasteiger partial charge in [0.05, 0.1) is 0 Å². The van der Waals surface area contributed by atoms with Crippen LogP contribution in [0, 0.1) is 0 Å². The molecule has 0 spiro atoms. The molecule has 2 aliphatic rings. The van der Waals surface area contributed by atoms with Crippen molar-refractivity contribution in [3.63, 3.8) is 0 Å². The molecule has 104 valence electrons. The van der Waals surface area contributed by atoms with Crippen molar-refractivity contribution in [2.24, 2.45) is 0 Å². The summed E-state index contributed by atoms with van der Waals surface area (Å²) in [5, 5.41) is 0. The van der Waals surface area contributed by atoms with Crippen molar-refractivity contribution in [2.45, 2.75) is 27.7 Å². The Morgan fingerprint density at radius 3 is 0.900 bits per heavy atom. The summed E-state index contributed by atoms with van der Waals surface area (Å²) >= 11 is 0. The zero-order valence-electron chi connectivity index (χ0n) is 11.9. The molecule has 0 aliphatic heterocycles. The third kappa shape index (κ3) is 3.82. The van der Waals surface area contributed by atoms with E-state index in [1.165, 1.54) is 24.3 Å². The van der Waals surface area contributed by atoms with Crippen molar-refractivity contribution in [1.82, 2.24) is 0 Å². The van der Waals surface area contributed by atoms with Crippen LogP contribution >= 0.6 is 0 Å². The van der Waals surface area contributed by atoms with E-state index in [0.29, 0.717) is 22.3 Å². The molecule has 0 atom stereocenters. The van der Waals surface area contributed by atoms with Crippen LogP contribution in [-0.2, 0) is 19.2 Å². The minimum atomic E-state index is -0.0883. The lowest BCUT2D eigenvalue weighted by Gasteiger charge is -2.04. The van der Waals surface area contributed by atoms with Crippen molar-refractivity contribution < 1.29 is 19.2 Å². The molecule has 0 heterocycles. The molecule has 0 saturated heterocycles. The summed E-state index contributed by atoms with van der Waals surface area (Å²) in [7, 11) is 0. The van der Waals surface area contributed by atoms with E-state index in [9.17, 15) is 19.2 Å². The lowest BCUT2D eigenvalue weighted by atomic mass is 9.99. The van der Waals surface area contributed by atoms with Gasteiger partial charge in [0.15, 0.2) is 23.1 Å².